The lowest BCUT2D eigenvalue weighted by Gasteiger charge is -2.34. The van der Waals surface area contributed by atoms with Gasteiger partial charge in [0.2, 0.25) is 53.9 Å². The molecule has 0 spiro atoms. The summed E-state index contributed by atoms with van der Waals surface area (Å²) >= 11 is 25.3. The SMILES string of the molecule is CC(C)(C)NS(=O)(=O)c1cccc(Cc2nc(Nc3ccc(N4CCOCC4)cc3)ncc2Cl)c1.CN1CCN(c2ccc(Nc3ncc(Cl)c(Cc4cccc(S(=O)(=O)NC(C)(C)C)c4)n3)cc2)CC1.CN1CCN(c2ccc(Nc3ncc(Cl)c(Cc4cccc(S(=O)(=O)NC(C)(C)CO)c4)n3)cc2)CC1.COc1cc(Cc2nc(Nc3ccc(N4CCNCC4)cc3)ncc2C)ccc1Cl. The summed E-state index contributed by atoms with van der Waals surface area (Å²) in [5, 5.41) is 27.7. The molecule has 0 atom stereocenters. The topological polar surface area (TPSA) is 360 Å². The number of piperazine rings is 3. The van der Waals surface area contributed by atoms with Crippen LogP contribution in [0.4, 0.5) is 69.3 Å². The van der Waals surface area contributed by atoms with Gasteiger partial charge in [-0.05, 0) is 250 Å². The number of aliphatic hydroxyl groups is 1. The lowest BCUT2D eigenvalue weighted by molar-refractivity contribution is 0.122. The van der Waals surface area contributed by atoms with Gasteiger partial charge in [0.25, 0.3) is 0 Å². The van der Waals surface area contributed by atoms with Gasteiger partial charge in [-0.25, -0.2) is 79.3 Å². The summed E-state index contributed by atoms with van der Waals surface area (Å²) in [6.07, 6.45) is 8.25. The van der Waals surface area contributed by atoms with Crippen LogP contribution in [0.1, 0.15) is 106 Å². The van der Waals surface area contributed by atoms with E-state index in [0.717, 1.165) is 167 Å². The molecule has 0 bridgehead atoms. The fraction of sp³-hybridized carbons (Fsp3) is 0.360. The van der Waals surface area contributed by atoms with Crippen molar-refractivity contribution in [1.29, 1.82) is 0 Å². The summed E-state index contributed by atoms with van der Waals surface area (Å²) in [7, 11) is -5.19. The Morgan fingerprint density at radius 1 is 0.384 bits per heavy atom. The fourth-order valence-corrected chi connectivity index (χ4v) is 20.4. The molecule has 4 aromatic heterocycles. The minimum atomic E-state index is -3.81. The van der Waals surface area contributed by atoms with Gasteiger partial charge in [-0.1, -0.05) is 88.9 Å². The van der Waals surface area contributed by atoms with Crippen LogP contribution in [0, 0.1) is 6.92 Å². The number of aryl methyl sites for hydroxylation is 1. The molecule has 9 N–H and O–H groups in total. The number of benzene rings is 8. The molecule has 4 fully saturated rings. The first kappa shape index (κ1) is 104. The van der Waals surface area contributed by atoms with Crippen LogP contribution in [0.3, 0.4) is 0 Å². The highest BCUT2D eigenvalue weighted by molar-refractivity contribution is 7.90. The average Bonchev–Trinajstić information content (AvgIpc) is 0.807. The molecule has 38 heteroatoms. The molecule has 0 amide bonds. The third-order valence-corrected chi connectivity index (χ3v) is 29.1. The molecule has 0 radical (unpaired) electrons. The highest BCUT2D eigenvalue weighted by Gasteiger charge is 2.29. The molecule has 12 aromatic rings. The van der Waals surface area contributed by atoms with Crippen molar-refractivity contribution in [3.05, 3.63) is 284 Å². The average molecular weight is 2010 g/mol. The quantitative estimate of drug-likeness (QED) is 0.0210. The molecule has 0 saturated carbocycles. The van der Waals surface area contributed by atoms with Gasteiger partial charge in [0.15, 0.2) is 0 Å². The second-order valence-corrected chi connectivity index (χ2v) is 43.5. The molecule has 732 valence electrons. The molecule has 31 nitrogen and oxygen atoms in total. The molecule has 4 saturated heterocycles. The first-order valence-electron chi connectivity index (χ1n) is 45.6. The maximum absolute atomic E-state index is 12.8. The van der Waals surface area contributed by atoms with Gasteiger partial charge in [-0.3, -0.25) is 0 Å². The number of anilines is 12. The molecular weight excluding hydrogens is 1890 g/mol. The zero-order chi connectivity index (χ0) is 98.5. The predicted molar refractivity (Wildman–Crippen MR) is 555 cm³/mol. The standard InChI is InChI=1S/C26H33ClN6O3S.C26H33ClN6O2S.C25H30ClN5O3S.C23H26ClN5O/c1-26(2,18-34)31-37(35,36)22-6-4-5-19(15-22)16-24-23(27)17-28-25(30-24)29-20-7-9-21(10-8-20)33-13-11-32(3)12-14-33;1-26(2,3)31-36(34,35)22-7-5-6-19(16-22)17-24-23(27)18-28-25(30-24)29-20-8-10-21(11-9-20)33-14-12-32(4)13-15-33;1-25(2,3)30-35(32,33)21-6-4-5-18(15-21)16-23-22(26)17-27-24(29-23)28-19-7-9-20(10-8-19)31-11-13-34-14-12-31;1-16-15-26-23(28-21(16)13-17-3-8-20(24)22(14-17)30-2)27-18-4-6-19(7-5-18)29-11-9-25-10-12-29/h4-10,15,17,31,34H,11-14,16,18H2,1-3H3,(H,28,29,30);5-11,16,18,31H,12-15,17H2,1-4H3,(H,28,29,30);4-10,15,17,30H,11-14,16H2,1-3H3,(H,27,28,29);3-8,14-15,25H,9-13H2,1-2H3,(H,26,27,28). The molecule has 0 unspecified atom stereocenters. The Balaban J connectivity index is 0.000000156. The van der Waals surface area contributed by atoms with E-state index in [0.29, 0.717) is 92.4 Å². The highest BCUT2D eigenvalue weighted by Crippen LogP contribution is 2.33. The Hall–Kier alpha value is -11.0. The number of methoxy groups -OCH3 is 1. The lowest BCUT2D eigenvalue weighted by Crippen LogP contribution is -2.46. The van der Waals surface area contributed by atoms with E-state index in [-0.39, 0.29) is 21.3 Å². The third-order valence-electron chi connectivity index (χ3n) is 22.6. The minimum absolute atomic E-state index is 0.107. The Morgan fingerprint density at radius 3 is 1.04 bits per heavy atom. The van der Waals surface area contributed by atoms with Crippen LogP contribution in [0.25, 0.3) is 0 Å². The number of hydrogen-bond donors (Lipinski definition) is 9. The van der Waals surface area contributed by atoms with Gasteiger partial charge in [0, 0.05) is 180 Å². The number of sulfonamides is 3. The fourth-order valence-electron chi connectivity index (χ4n) is 15.3. The third kappa shape index (κ3) is 31.0. The Morgan fingerprint density at radius 2 is 0.696 bits per heavy atom. The van der Waals surface area contributed by atoms with Gasteiger partial charge in [0.1, 0.15) is 5.75 Å². The Kier molecular flexibility index (Phi) is 35.7. The van der Waals surface area contributed by atoms with Crippen molar-refractivity contribution in [3.63, 3.8) is 0 Å². The van der Waals surface area contributed by atoms with Gasteiger partial charge in [-0.15, -0.1) is 0 Å². The van der Waals surface area contributed by atoms with Crippen molar-refractivity contribution in [1.82, 2.24) is 69.2 Å². The summed E-state index contributed by atoms with van der Waals surface area (Å²) in [5.74, 6) is 2.51. The number of ether oxygens (including phenoxy) is 2. The lowest BCUT2D eigenvalue weighted by atomic mass is 10.1. The molecule has 16 rings (SSSR count). The van der Waals surface area contributed by atoms with Crippen molar-refractivity contribution in [2.45, 2.75) is 119 Å². The number of hydrogen-bond acceptors (Lipinski definition) is 28. The van der Waals surface area contributed by atoms with Crippen molar-refractivity contribution in [2.75, 3.05) is 174 Å². The predicted octanol–water partition coefficient (Wildman–Crippen LogP) is 16.1. The molecule has 138 heavy (non-hydrogen) atoms. The number of aliphatic hydroxyl groups excluding tert-OH is 1. The largest absolute Gasteiger partial charge is 0.495 e. The maximum atomic E-state index is 12.8. The summed E-state index contributed by atoms with van der Waals surface area (Å²) in [6.45, 7) is 31.4. The van der Waals surface area contributed by atoms with Crippen LogP contribution in [-0.4, -0.2) is 229 Å². The van der Waals surface area contributed by atoms with E-state index in [1.165, 1.54) is 29.3 Å². The van der Waals surface area contributed by atoms with Crippen molar-refractivity contribution < 1.29 is 39.8 Å². The van der Waals surface area contributed by atoms with Gasteiger partial charge in [0.05, 0.1) is 109 Å². The number of nitrogens with one attached hydrogen (secondary N) is 8. The number of halogens is 4. The van der Waals surface area contributed by atoms with Crippen molar-refractivity contribution >= 4 is 146 Å². The van der Waals surface area contributed by atoms with Gasteiger partial charge >= 0.3 is 0 Å². The number of nitrogens with zero attached hydrogens (tertiary/aromatic N) is 14. The monoisotopic (exact) mass is 2010 g/mol. The molecule has 4 aliphatic heterocycles. The summed E-state index contributed by atoms with van der Waals surface area (Å²) in [5.41, 5.74) is 13.4. The molecule has 0 aliphatic carbocycles. The van der Waals surface area contributed by atoms with E-state index >= 15 is 0 Å². The van der Waals surface area contributed by atoms with E-state index in [2.05, 4.69) is 180 Å². The normalized spacial score (nSPS) is 14.8. The molecule has 8 heterocycles. The van der Waals surface area contributed by atoms with E-state index in [1.807, 2.05) is 107 Å². The number of morpholine rings is 1. The van der Waals surface area contributed by atoms with Crippen LogP contribution < -0.4 is 65.1 Å². The van der Waals surface area contributed by atoms with Crippen LogP contribution in [0.15, 0.2) is 228 Å². The van der Waals surface area contributed by atoms with E-state index in [4.69, 9.17) is 60.9 Å². The zero-order valence-corrected chi connectivity index (χ0v) is 85.2. The van der Waals surface area contributed by atoms with Crippen molar-refractivity contribution in [3.8, 4) is 5.75 Å². The molecule has 4 aliphatic rings. The van der Waals surface area contributed by atoms with Gasteiger partial charge < -0.3 is 70.6 Å². The summed E-state index contributed by atoms with van der Waals surface area (Å²) in [6, 6.07) is 58.9. The van der Waals surface area contributed by atoms with Crippen LogP contribution >= 0.6 is 46.4 Å². The molecule has 8 aromatic carbocycles. The first-order valence-corrected chi connectivity index (χ1v) is 51.5. The van der Waals surface area contributed by atoms with Gasteiger partial charge in [-0.2, -0.15) is 0 Å². The maximum Gasteiger partial charge on any atom is 0.241 e. The van der Waals surface area contributed by atoms with Crippen LogP contribution in [-0.2, 0) is 60.5 Å². The highest BCUT2D eigenvalue weighted by atomic mass is 35.5. The second-order valence-electron chi connectivity index (χ2n) is 36.9. The Bertz CT molecular complexity index is 6450. The first-order chi connectivity index (χ1) is 65.7. The van der Waals surface area contributed by atoms with Crippen LogP contribution in [0.2, 0.25) is 20.1 Å². The summed E-state index contributed by atoms with van der Waals surface area (Å²) < 4.78 is 95.1. The Labute approximate surface area is 830 Å². The number of likely N-dealkylation sites (N-methyl/N-ethyl adjacent to an activating group) is 2. The summed E-state index contributed by atoms with van der Waals surface area (Å²) in [4.78, 5) is 50.5. The van der Waals surface area contributed by atoms with Crippen molar-refractivity contribution in [2.24, 2.45) is 0 Å². The second kappa shape index (κ2) is 47.3. The zero-order valence-electron chi connectivity index (χ0n) is 79.8. The molecular formula is C100H122Cl4N22O9S3. The van der Waals surface area contributed by atoms with E-state index in [9.17, 15) is 30.4 Å². The van der Waals surface area contributed by atoms with E-state index < -0.39 is 46.7 Å². The smallest absolute Gasteiger partial charge is 0.241 e. The van der Waals surface area contributed by atoms with Crippen LogP contribution in [0.5, 0.6) is 5.75 Å². The number of rotatable bonds is 29. The van der Waals surface area contributed by atoms with E-state index in [1.54, 1.807) is 103 Å². The minimum Gasteiger partial charge on any atom is -0.495 e. The number of aromatic nitrogens is 8.